The molecule has 1 amide bonds. The number of rotatable bonds is 7. The number of halogens is 2. The minimum absolute atomic E-state index is 0.0101. The second-order valence-corrected chi connectivity index (χ2v) is 8.67. The van der Waals surface area contributed by atoms with E-state index in [-0.39, 0.29) is 22.9 Å². The first-order chi connectivity index (χ1) is 14.5. The number of nitrogens with zero attached hydrogens (tertiary/aromatic N) is 2. The van der Waals surface area contributed by atoms with Crippen molar-refractivity contribution in [1.82, 2.24) is 14.9 Å². The van der Waals surface area contributed by atoms with E-state index in [0.717, 1.165) is 32.3 Å². The van der Waals surface area contributed by atoms with Crippen molar-refractivity contribution in [2.75, 3.05) is 5.75 Å². The van der Waals surface area contributed by atoms with Gasteiger partial charge in [-0.1, -0.05) is 59.8 Å². The number of carbonyl (C=O) groups is 1. The molecule has 0 saturated carbocycles. The largest absolute Gasteiger partial charge is 0.344 e. The van der Waals surface area contributed by atoms with Crippen LogP contribution in [0.15, 0.2) is 71.2 Å². The molecule has 2 aromatic heterocycles. The van der Waals surface area contributed by atoms with Crippen molar-refractivity contribution in [1.29, 1.82) is 0 Å². The maximum absolute atomic E-state index is 13.6. The number of carbonyl (C=O) groups excluding carboxylic acids is 1. The van der Waals surface area contributed by atoms with Crippen LogP contribution < -0.4 is 5.32 Å². The molecule has 0 fully saturated rings. The molecule has 4 aromatic rings. The third-order valence-electron chi connectivity index (χ3n) is 4.63. The zero-order valence-corrected chi connectivity index (χ0v) is 17.7. The highest BCUT2D eigenvalue weighted by Crippen LogP contribution is 2.30. The van der Waals surface area contributed by atoms with Crippen LogP contribution in [-0.4, -0.2) is 21.2 Å². The number of para-hydroxylation sites is 2. The van der Waals surface area contributed by atoms with Crippen molar-refractivity contribution in [2.45, 2.75) is 24.7 Å². The molecule has 0 aliphatic heterocycles. The molecule has 1 unspecified atom stereocenters. The normalized spacial score (nSPS) is 12.4. The summed E-state index contributed by atoms with van der Waals surface area (Å²) >= 11 is 2.57. The molecule has 0 bridgehead atoms. The Morgan fingerprint density at radius 3 is 2.60 bits per heavy atom. The Labute approximate surface area is 180 Å². The number of aryl methyl sites for hydroxylation is 1. The van der Waals surface area contributed by atoms with Gasteiger partial charge in [-0.05, 0) is 36.1 Å². The van der Waals surface area contributed by atoms with E-state index in [4.69, 9.17) is 0 Å². The number of imidazole rings is 1. The molecular weight excluding hydrogens is 424 g/mol. The summed E-state index contributed by atoms with van der Waals surface area (Å²) in [6.45, 7) is -0.719. The summed E-state index contributed by atoms with van der Waals surface area (Å²) in [4.78, 5) is 18.0. The van der Waals surface area contributed by atoms with Gasteiger partial charge < -0.3 is 5.32 Å². The van der Waals surface area contributed by atoms with Crippen molar-refractivity contribution >= 4 is 40.0 Å². The predicted octanol–water partition coefficient (Wildman–Crippen LogP) is 5.80. The molecule has 2 heterocycles. The summed E-state index contributed by atoms with van der Waals surface area (Å²) in [6.07, 6.45) is 0. The monoisotopic (exact) mass is 443 g/mol. The third kappa shape index (κ3) is 4.39. The summed E-state index contributed by atoms with van der Waals surface area (Å²) in [5.41, 5.74) is 2.95. The molecule has 8 heteroatoms. The van der Waals surface area contributed by atoms with Crippen molar-refractivity contribution < 1.29 is 13.6 Å². The predicted molar refractivity (Wildman–Crippen MR) is 117 cm³/mol. The maximum Gasteiger partial charge on any atom is 0.321 e. The van der Waals surface area contributed by atoms with Crippen molar-refractivity contribution in [3.05, 3.63) is 82.0 Å². The van der Waals surface area contributed by atoms with Gasteiger partial charge in [0.1, 0.15) is 0 Å². The number of fused-ring (bicyclic) bond motifs is 1. The first-order valence-corrected chi connectivity index (χ1v) is 11.2. The van der Waals surface area contributed by atoms with Crippen molar-refractivity contribution in [2.24, 2.45) is 0 Å². The zero-order chi connectivity index (χ0) is 21.1. The number of benzene rings is 2. The fourth-order valence-electron chi connectivity index (χ4n) is 3.18. The number of nitrogens with one attached hydrogen (secondary N) is 1. The fraction of sp³-hybridized carbons (Fsp3) is 0.182. The minimum atomic E-state index is -2.73. The molecule has 4 nitrogen and oxygen atoms in total. The van der Waals surface area contributed by atoms with Crippen molar-refractivity contribution in [3.63, 3.8) is 0 Å². The lowest BCUT2D eigenvalue weighted by molar-refractivity contribution is -0.119. The van der Waals surface area contributed by atoms with Gasteiger partial charge in [-0.15, -0.1) is 11.3 Å². The van der Waals surface area contributed by atoms with Crippen LogP contribution in [0.3, 0.4) is 0 Å². The second kappa shape index (κ2) is 8.97. The highest BCUT2D eigenvalue weighted by atomic mass is 32.2. The molecule has 0 aliphatic carbocycles. The van der Waals surface area contributed by atoms with Crippen molar-refractivity contribution in [3.8, 4) is 0 Å². The first kappa shape index (κ1) is 20.6. The molecule has 1 N–H and O–H groups in total. The minimum Gasteiger partial charge on any atom is -0.344 e. The van der Waals surface area contributed by atoms with E-state index < -0.39 is 6.55 Å². The molecule has 1 atom stereocenters. The zero-order valence-electron chi connectivity index (χ0n) is 16.1. The van der Waals surface area contributed by atoms with Gasteiger partial charge in [-0.25, -0.2) is 4.98 Å². The van der Waals surface area contributed by atoms with Crippen LogP contribution in [0.5, 0.6) is 0 Å². The first-order valence-electron chi connectivity index (χ1n) is 9.30. The summed E-state index contributed by atoms with van der Waals surface area (Å²) in [7, 11) is 0. The van der Waals surface area contributed by atoms with Gasteiger partial charge in [-0.2, -0.15) is 8.78 Å². The lowest BCUT2D eigenvalue weighted by atomic mass is 10.0. The van der Waals surface area contributed by atoms with E-state index >= 15 is 0 Å². The van der Waals surface area contributed by atoms with Crippen LogP contribution >= 0.6 is 23.1 Å². The topological polar surface area (TPSA) is 46.9 Å². The number of hydrogen-bond acceptors (Lipinski definition) is 4. The third-order valence-corrected chi connectivity index (χ3v) is 6.52. The standard InChI is InChI=1S/C22H19F2N3OS2/c1-14-8-10-15(11-9-14)20(18-7-4-12-29-18)26-19(28)13-30-22-25-16-5-2-3-6-17(16)27(22)21(23)24/h2-12,20-21H,13H2,1H3,(H,26,28). The van der Waals surface area contributed by atoms with E-state index in [1.807, 2.05) is 48.7 Å². The van der Waals surface area contributed by atoms with Gasteiger partial charge in [0.25, 0.3) is 0 Å². The number of hydrogen-bond donors (Lipinski definition) is 1. The lowest BCUT2D eigenvalue weighted by Crippen LogP contribution is -2.30. The smallest absolute Gasteiger partial charge is 0.321 e. The Bertz CT molecular complexity index is 1140. The number of thiophene rings is 1. The Morgan fingerprint density at radius 1 is 1.13 bits per heavy atom. The summed E-state index contributed by atoms with van der Waals surface area (Å²) in [5, 5.41) is 5.12. The summed E-state index contributed by atoms with van der Waals surface area (Å²) in [6, 6.07) is 18.3. The summed E-state index contributed by atoms with van der Waals surface area (Å²) in [5.74, 6) is -0.254. The molecule has 2 aromatic carbocycles. The Kier molecular flexibility index (Phi) is 6.15. The van der Waals surface area contributed by atoms with Gasteiger partial charge in [0.05, 0.1) is 22.8 Å². The number of aromatic nitrogens is 2. The van der Waals surface area contributed by atoms with Crippen LogP contribution in [0.2, 0.25) is 0 Å². The van der Waals surface area contributed by atoms with Crippen LogP contribution in [0.25, 0.3) is 11.0 Å². The van der Waals surface area contributed by atoms with E-state index in [0.29, 0.717) is 11.0 Å². The van der Waals surface area contributed by atoms with Crippen LogP contribution in [0.1, 0.15) is 28.6 Å². The molecular formula is C22H19F2N3OS2. The molecule has 0 radical (unpaired) electrons. The van der Waals surface area contributed by atoms with Gasteiger partial charge in [0.2, 0.25) is 5.91 Å². The van der Waals surface area contributed by atoms with Crippen LogP contribution in [-0.2, 0) is 4.79 Å². The molecule has 0 saturated heterocycles. The van der Waals surface area contributed by atoms with E-state index in [1.165, 1.54) is 0 Å². The molecule has 0 aliphatic rings. The molecule has 0 spiro atoms. The lowest BCUT2D eigenvalue weighted by Gasteiger charge is -2.18. The maximum atomic E-state index is 13.6. The highest BCUT2D eigenvalue weighted by Gasteiger charge is 2.21. The Balaban J connectivity index is 1.51. The van der Waals surface area contributed by atoms with Gasteiger partial charge in [-0.3, -0.25) is 9.36 Å². The van der Waals surface area contributed by atoms with Gasteiger partial charge >= 0.3 is 6.55 Å². The van der Waals surface area contributed by atoms with E-state index in [1.54, 1.807) is 35.6 Å². The number of amides is 1. The summed E-state index contributed by atoms with van der Waals surface area (Å²) < 4.78 is 28.0. The highest BCUT2D eigenvalue weighted by molar-refractivity contribution is 7.99. The quantitative estimate of drug-likeness (QED) is 0.367. The number of alkyl halides is 2. The second-order valence-electron chi connectivity index (χ2n) is 6.75. The van der Waals surface area contributed by atoms with E-state index in [2.05, 4.69) is 10.3 Å². The number of thioether (sulfide) groups is 1. The Morgan fingerprint density at radius 2 is 1.90 bits per heavy atom. The molecule has 4 rings (SSSR count). The van der Waals surface area contributed by atoms with Gasteiger partial charge in [0, 0.05) is 4.88 Å². The van der Waals surface area contributed by atoms with E-state index in [9.17, 15) is 13.6 Å². The Hall–Kier alpha value is -2.71. The fourth-order valence-corrected chi connectivity index (χ4v) is 4.80. The average molecular weight is 444 g/mol. The SMILES string of the molecule is Cc1ccc(C(NC(=O)CSc2nc3ccccc3n2C(F)F)c2cccs2)cc1. The van der Waals surface area contributed by atoms with Gasteiger partial charge in [0.15, 0.2) is 5.16 Å². The molecule has 30 heavy (non-hydrogen) atoms. The average Bonchev–Trinajstić information content (AvgIpc) is 3.39. The van der Waals surface area contributed by atoms with Crippen LogP contribution in [0, 0.1) is 6.92 Å². The molecule has 154 valence electrons. The van der Waals surface area contributed by atoms with Crippen LogP contribution in [0.4, 0.5) is 8.78 Å².